The zero-order chi connectivity index (χ0) is 15.0. The van der Waals surface area contributed by atoms with E-state index in [9.17, 15) is 9.59 Å². The summed E-state index contributed by atoms with van der Waals surface area (Å²) in [5, 5.41) is 11.9. The zero-order valence-corrected chi connectivity index (χ0v) is 12.2. The van der Waals surface area contributed by atoms with Gasteiger partial charge in [0.2, 0.25) is 5.91 Å². The molecule has 0 aromatic heterocycles. The standard InChI is InChI=1S/C14H24N2O4/c1-16(2)8-10-20-9-7-15-13(17)11-5-3-4-6-12(11)14(18)19/h3-4,11-12H,5-10H2,1-2H3,(H,15,17)(H,18,19)/t11-,12+/m1/s1. The van der Waals surface area contributed by atoms with Crippen LogP contribution in [-0.2, 0) is 14.3 Å². The molecule has 0 heterocycles. The molecule has 0 saturated carbocycles. The van der Waals surface area contributed by atoms with Gasteiger partial charge in [-0.05, 0) is 26.9 Å². The molecule has 114 valence electrons. The van der Waals surface area contributed by atoms with Crippen molar-refractivity contribution in [3.8, 4) is 0 Å². The molecule has 0 fully saturated rings. The van der Waals surface area contributed by atoms with E-state index in [0.29, 0.717) is 32.6 Å². The van der Waals surface area contributed by atoms with Crippen LogP contribution in [0.2, 0.25) is 0 Å². The van der Waals surface area contributed by atoms with Crippen molar-refractivity contribution in [1.29, 1.82) is 0 Å². The van der Waals surface area contributed by atoms with Crippen molar-refractivity contribution in [2.24, 2.45) is 11.8 Å². The lowest BCUT2D eigenvalue weighted by Crippen LogP contribution is -2.40. The van der Waals surface area contributed by atoms with Crippen molar-refractivity contribution < 1.29 is 19.4 Å². The predicted octanol–water partition coefficient (Wildman–Crippen LogP) is 0.348. The average molecular weight is 284 g/mol. The van der Waals surface area contributed by atoms with Gasteiger partial charge < -0.3 is 20.1 Å². The molecule has 1 aliphatic rings. The average Bonchev–Trinajstić information content (AvgIpc) is 2.42. The number of hydrogen-bond donors (Lipinski definition) is 2. The van der Waals surface area contributed by atoms with Gasteiger partial charge in [0.05, 0.1) is 25.0 Å². The van der Waals surface area contributed by atoms with E-state index in [2.05, 4.69) is 5.32 Å². The summed E-state index contributed by atoms with van der Waals surface area (Å²) in [6.07, 6.45) is 4.61. The molecule has 0 saturated heterocycles. The van der Waals surface area contributed by atoms with E-state index in [1.807, 2.05) is 31.1 Å². The van der Waals surface area contributed by atoms with Crippen molar-refractivity contribution in [3.05, 3.63) is 12.2 Å². The summed E-state index contributed by atoms with van der Waals surface area (Å²) in [5.41, 5.74) is 0. The Hall–Kier alpha value is -1.40. The molecule has 0 aromatic carbocycles. The predicted molar refractivity (Wildman–Crippen MR) is 75.4 cm³/mol. The van der Waals surface area contributed by atoms with Gasteiger partial charge in [-0.2, -0.15) is 0 Å². The summed E-state index contributed by atoms with van der Waals surface area (Å²) in [6, 6.07) is 0. The van der Waals surface area contributed by atoms with Crippen LogP contribution >= 0.6 is 0 Å². The number of carbonyl (C=O) groups is 2. The van der Waals surface area contributed by atoms with E-state index in [4.69, 9.17) is 9.84 Å². The molecule has 2 N–H and O–H groups in total. The van der Waals surface area contributed by atoms with E-state index in [1.54, 1.807) is 0 Å². The summed E-state index contributed by atoms with van der Waals surface area (Å²) >= 11 is 0. The van der Waals surface area contributed by atoms with Crippen LogP contribution in [0.5, 0.6) is 0 Å². The van der Waals surface area contributed by atoms with Crippen molar-refractivity contribution in [2.75, 3.05) is 40.4 Å². The second kappa shape index (κ2) is 8.71. The van der Waals surface area contributed by atoms with E-state index < -0.39 is 17.8 Å². The molecule has 0 unspecified atom stereocenters. The molecular weight excluding hydrogens is 260 g/mol. The Labute approximate surface area is 119 Å². The number of amides is 1. The summed E-state index contributed by atoms with van der Waals surface area (Å²) in [4.78, 5) is 25.1. The molecule has 1 aliphatic carbocycles. The smallest absolute Gasteiger partial charge is 0.307 e. The monoisotopic (exact) mass is 284 g/mol. The van der Waals surface area contributed by atoms with Crippen molar-refractivity contribution in [1.82, 2.24) is 10.2 Å². The first-order valence-electron chi connectivity index (χ1n) is 6.90. The summed E-state index contributed by atoms with van der Waals surface area (Å²) in [6.45, 7) is 2.31. The highest BCUT2D eigenvalue weighted by molar-refractivity contribution is 5.85. The van der Waals surface area contributed by atoms with E-state index in [1.165, 1.54) is 0 Å². The Morgan fingerprint density at radius 2 is 1.90 bits per heavy atom. The van der Waals surface area contributed by atoms with Crippen LogP contribution in [0, 0.1) is 11.8 Å². The first-order valence-corrected chi connectivity index (χ1v) is 6.90. The molecular formula is C14H24N2O4. The van der Waals surface area contributed by atoms with Gasteiger partial charge in [0.25, 0.3) is 0 Å². The number of ether oxygens (including phenoxy) is 1. The van der Waals surface area contributed by atoms with Crippen LogP contribution in [0.15, 0.2) is 12.2 Å². The van der Waals surface area contributed by atoms with Crippen molar-refractivity contribution in [2.45, 2.75) is 12.8 Å². The van der Waals surface area contributed by atoms with Crippen LogP contribution in [0.25, 0.3) is 0 Å². The van der Waals surface area contributed by atoms with Crippen LogP contribution in [0.3, 0.4) is 0 Å². The molecule has 6 nitrogen and oxygen atoms in total. The Morgan fingerprint density at radius 1 is 1.25 bits per heavy atom. The lowest BCUT2D eigenvalue weighted by molar-refractivity contribution is -0.147. The third kappa shape index (κ3) is 5.71. The van der Waals surface area contributed by atoms with E-state index in [-0.39, 0.29) is 5.91 Å². The number of hydrogen-bond acceptors (Lipinski definition) is 4. The third-order valence-corrected chi connectivity index (χ3v) is 3.31. The first-order chi connectivity index (χ1) is 9.52. The fourth-order valence-corrected chi connectivity index (χ4v) is 2.10. The maximum atomic E-state index is 12.0. The molecule has 0 radical (unpaired) electrons. The molecule has 0 aliphatic heterocycles. The summed E-state index contributed by atoms with van der Waals surface area (Å²) in [7, 11) is 3.93. The Morgan fingerprint density at radius 3 is 2.50 bits per heavy atom. The zero-order valence-electron chi connectivity index (χ0n) is 12.2. The lowest BCUT2D eigenvalue weighted by Gasteiger charge is -2.24. The van der Waals surface area contributed by atoms with Gasteiger partial charge in [0, 0.05) is 13.1 Å². The Bertz CT molecular complexity index is 355. The largest absolute Gasteiger partial charge is 0.481 e. The number of carboxylic acid groups (broad SMARTS) is 1. The molecule has 6 heteroatoms. The minimum Gasteiger partial charge on any atom is -0.481 e. The SMILES string of the molecule is CN(C)CCOCCNC(=O)[C@@H]1CC=CC[C@@H]1C(=O)O. The third-order valence-electron chi connectivity index (χ3n) is 3.31. The highest BCUT2D eigenvalue weighted by Gasteiger charge is 2.33. The maximum absolute atomic E-state index is 12.0. The number of aliphatic carboxylic acids is 1. The number of likely N-dealkylation sites (N-methyl/N-ethyl adjacent to an activating group) is 1. The second-order valence-corrected chi connectivity index (χ2v) is 5.20. The Balaban J connectivity index is 2.24. The fourth-order valence-electron chi connectivity index (χ4n) is 2.10. The van der Waals surface area contributed by atoms with Crippen molar-refractivity contribution >= 4 is 11.9 Å². The number of rotatable bonds is 8. The fraction of sp³-hybridized carbons (Fsp3) is 0.714. The first kappa shape index (κ1) is 16.7. The second-order valence-electron chi connectivity index (χ2n) is 5.20. The lowest BCUT2D eigenvalue weighted by atomic mass is 9.82. The molecule has 0 spiro atoms. The van der Waals surface area contributed by atoms with Crippen LogP contribution in [0.1, 0.15) is 12.8 Å². The quantitative estimate of drug-likeness (QED) is 0.496. The van der Waals surface area contributed by atoms with Gasteiger partial charge in [-0.1, -0.05) is 12.2 Å². The number of nitrogens with zero attached hydrogens (tertiary/aromatic N) is 1. The highest BCUT2D eigenvalue weighted by atomic mass is 16.5. The minimum absolute atomic E-state index is 0.196. The van der Waals surface area contributed by atoms with Gasteiger partial charge >= 0.3 is 5.97 Å². The van der Waals surface area contributed by atoms with Crippen LogP contribution in [0.4, 0.5) is 0 Å². The number of carbonyl (C=O) groups excluding carboxylic acids is 1. The van der Waals surface area contributed by atoms with Gasteiger partial charge in [0.1, 0.15) is 0 Å². The molecule has 1 amide bonds. The number of nitrogens with one attached hydrogen (secondary N) is 1. The van der Waals surface area contributed by atoms with E-state index in [0.717, 1.165) is 6.54 Å². The van der Waals surface area contributed by atoms with Crippen LogP contribution < -0.4 is 5.32 Å². The van der Waals surface area contributed by atoms with Crippen LogP contribution in [-0.4, -0.2) is 62.3 Å². The molecule has 1 rings (SSSR count). The molecule has 0 bridgehead atoms. The normalized spacial score (nSPS) is 21.9. The molecule has 20 heavy (non-hydrogen) atoms. The number of allylic oxidation sites excluding steroid dienone is 2. The number of carboxylic acids is 1. The van der Waals surface area contributed by atoms with E-state index >= 15 is 0 Å². The highest BCUT2D eigenvalue weighted by Crippen LogP contribution is 2.25. The molecule has 2 atom stereocenters. The van der Waals surface area contributed by atoms with Gasteiger partial charge in [-0.3, -0.25) is 9.59 Å². The molecule has 0 aromatic rings. The summed E-state index contributed by atoms with van der Waals surface area (Å²) < 4.78 is 5.37. The van der Waals surface area contributed by atoms with Gasteiger partial charge in [-0.15, -0.1) is 0 Å². The topological polar surface area (TPSA) is 78.9 Å². The van der Waals surface area contributed by atoms with Crippen molar-refractivity contribution in [3.63, 3.8) is 0 Å². The van der Waals surface area contributed by atoms with Gasteiger partial charge in [-0.25, -0.2) is 0 Å². The minimum atomic E-state index is -0.906. The van der Waals surface area contributed by atoms with Gasteiger partial charge in [0.15, 0.2) is 0 Å². The Kier molecular flexibility index (Phi) is 7.25. The maximum Gasteiger partial charge on any atom is 0.307 e. The summed E-state index contributed by atoms with van der Waals surface area (Å²) in [5.74, 6) is -2.19.